The van der Waals surface area contributed by atoms with Crippen molar-refractivity contribution in [1.82, 2.24) is 4.90 Å². The summed E-state index contributed by atoms with van der Waals surface area (Å²) in [7, 11) is 0. The highest BCUT2D eigenvalue weighted by atomic mass is 16.5. The summed E-state index contributed by atoms with van der Waals surface area (Å²) in [5, 5.41) is 0. The Labute approximate surface area is 56.1 Å². The van der Waals surface area contributed by atoms with Crippen LogP contribution in [0.25, 0.3) is 0 Å². The van der Waals surface area contributed by atoms with Gasteiger partial charge in [0.15, 0.2) is 0 Å². The minimum Gasteiger partial charge on any atom is -0.375 e. The quantitative estimate of drug-likeness (QED) is 0.517. The van der Waals surface area contributed by atoms with E-state index in [1.54, 1.807) is 0 Å². The van der Waals surface area contributed by atoms with Gasteiger partial charge >= 0.3 is 0 Å². The van der Waals surface area contributed by atoms with Crippen LogP contribution in [0.3, 0.4) is 0 Å². The Morgan fingerprint density at radius 3 is 3.00 bits per heavy atom. The van der Waals surface area contributed by atoms with Gasteiger partial charge in [-0.05, 0) is 13.1 Å². The molecular weight excluding hydrogens is 114 g/mol. The van der Waals surface area contributed by atoms with Crippen LogP contribution in [0.15, 0.2) is 12.8 Å². The Bertz CT molecular complexity index is 103. The fourth-order valence-corrected chi connectivity index (χ4v) is 1.01. The van der Waals surface area contributed by atoms with E-state index in [1.807, 2.05) is 6.20 Å². The van der Waals surface area contributed by atoms with E-state index in [2.05, 4.69) is 18.4 Å². The van der Waals surface area contributed by atoms with E-state index in [9.17, 15) is 0 Å². The molecule has 0 N–H and O–H groups in total. The fraction of sp³-hybridized carbons (Fsp3) is 0.714. The molecule has 0 unspecified atom stereocenters. The van der Waals surface area contributed by atoms with Crippen LogP contribution in [0, 0.1) is 0 Å². The highest BCUT2D eigenvalue weighted by Gasteiger charge is 2.11. The molecule has 1 aliphatic rings. The van der Waals surface area contributed by atoms with Crippen LogP contribution in [0.4, 0.5) is 0 Å². The normalized spacial score (nSPS) is 28.1. The van der Waals surface area contributed by atoms with Crippen molar-refractivity contribution in [1.29, 1.82) is 0 Å². The van der Waals surface area contributed by atoms with Crippen molar-refractivity contribution in [3.05, 3.63) is 12.8 Å². The molecule has 0 aromatic rings. The average Bonchev–Trinajstić information content (AvgIpc) is 1.88. The van der Waals surface area contributed by atoms with Crippen LogP contribution in [-0.4, -0.2) is 30.7 Å². The van der Waals surface area contributed by atoms with Gasteiger partial charge in [-0.1, -0.05) is 6.58 Å². The zero-order valence-electron chi connectivity index (χ0n) is 5.84. The molecule has 9 heavy (non-hydrogen) atoms. The number of morpholine rings is 1. The lowest BCUT2D eigenvalue weighted by molar-refractivity contribution is -0.00118. The Kier molecular flexibility index (Phi) is 2.11. The third-order valence-electron chi connectivity index (χ3n) is 1.53. The molecule has 0 aromatic carbocycles. The van der Waals surface area contributed by atoms with Crippen LogP contribution >= 0.6 is 0 Å². The van der Waals surface area contributed by atoms with Crippen molar-refractivity contribution < 1.29 is 4.74 Å². The highest BCUT2D eigenvalue weighted by molar-refractivity contribution is 4.76. The van der Waals surface area contributed by atoms with Crippen molar-refractivity contribution in [2.24, 2.45) is 0 Å². The standard InChI is InChI=1S/C7H13NO/c1-3-8-4-5-9-7(2)6-8/h3,7H,1,4-6H2,2H3/t7-/m0/s1. The summed E-state index contributed by atoms with van der Waals surface area (Å²) >= 11 is 0. The van der Waals surface area contributed by atoms with Crippen LogP contribution in [-0.2, 0) is 4.74 Å². The maximum Gasteiger partial charge on any atom is 0.0722 e. The van der Waals surface area contributed by atoms with Crippen molar-refractivity contribution in [2.45, 2.75) is 13.0 Å². The van der Waals surface area contributed by atoms with Gasteiger partial charge < -0.3 is 9.64 Å². The van der Waals surface area contributed by atoms with Gasteiger partial charge in [0.1, 0.15) is 0 Å². The van der Waals surface area contributed by atoms with Crippen molar-refractivity contribution in [3.63, 3.8) is 0 Å². The minimum absolute atomic E-state index is 0.372. The van der Waals surface area contributed by atoms with Gasteiger partial charge in [0.2, 0.25) is 0 Å². The first-order chi connectivity index (χ1) is 4.33. The van der Waals surface area contributed by atoms with Gasteiger partial charge in [-0.2, -0.15) is 0 Å². The summed E-state index contributed by atoms with van der Waals surface area (Å²) in [5.41, 5.74) is 0. The summed E-state index contributed by atoms with van der Waals surface area (Å²) < 4.78 is 5.32. The third kappa shape index (κ3) is 1.72. The SMILES string of the molecule is C=CN1CCO[C@@H](C)C1. The Morgan fingerprint density at radius 2 is 2.56 bits per heavy atom. The largest absolute Gasteiger partial charge is 0.375 e. The second-order valence-corrected chi connectivity index (χ2v) is 2.36. The molecule has 0 radical (unpaired) electrons. The van der Waals surface area contributed by atoms with Crippen LogP contribution in [0.5, 0.6) is 0 Å². The first-order valence-corrected chi connectivity index (χ1v) is 3.31. The van der Waals surface area contributed by atoms with Crippen molar-refractivity contribution >= 4 is 0 Å². The molecule has 0 bridgehead atoms. The van der Waals surface area contributed by atoms with E-state index in [4.69, 9.17) is 4.74 Å². The molecule has 1 fully saturated rings. The lowest BCUT2D eigenvalue weighted by atomic mass is 10.3. The molecular formula is C7H13NO. The Morgan fingerprint density at radius 1 is 1.78 bits per heavy atom. The molecule has 2 nitrogen and oxygen atoms in total. The molecule has 0 amide bonds. The molecule has 1 rings (SSSR count). The second kappa shape index (κ2) is 2.87. The zero-order valence-corrected chi connectivity index (χ0v) is 5.84. The zero-order chi connectivity index (χ0) is 6.69. The van der Waals surface area contributed by atoms with Gasteiger partial charge in [-0.3, -0.25) is 0 Å². The molecule has 1 aliphatic heterocycles. The molecule has 2 heteroatoms. The Balaban J connectivity index is 2.31. The lowest BCUT2D eigenvalue weighted by Crippen LogP contribution is -2.37. The first kappa shape index (κ1) is 6.62. The number of rotatable bonds is 1. The molecule has 0 aromatic heterocycles. The second-order valence-electron chi connectivity index (χ2n) is 2.36. The lowest BCUT2D eigenvalue weighted by Gasteiger charge is -2.29. The van der Waals surface area contributed by atoms with Crippen molar-refractivity contribution in [3.8, 4) is 0 Å². The van der Waals surface area contributed by atoms with E-state index in [0.29, 0.717) is 6.10 Å². The van der Waals surface area contributed by atoms with Crippen LogP contribution in [0.2, 0.25) is 0 Å². The maximum absolute atomic E-state index is 5.32. The fourth-order valence-electron chi connectivity index (χ4n) is 1.01. The van der Waals surface area contributed by atoms with E-state index in [-0.39, 0.29) is 0 Å². The van der Waals surface area contributed by atoms with Gasteiger partial charge in [0.25, 0.3) is 0 Å². The molecule has 0 aliphatic carbocycles. The monoisotopic (exact) mass is 127 g/mol. The topological polar surface area (TPSA) is 12.5 Å². The average molecular weight is 127 g/mol. The summed E-state index contributed by atoms with van der Waals surface area (Å²) in [6.45, 7) is 8.59. The molecule has 1 atom stereocenters. The predicted molar refractivity (Wildman–Crippen MR) is 37.2 cm³/mol. The first-order valence-electron chi connectivity index (χ1n) is 3.31. The molecule has 52 valence electrons. The molecule has 1 saturated heterocycles. The highest BCUT2D eigenvalue weighted by Crippen LogP contribution is 2.02. The smallest absolute Gasteiger partial charge is 0.0722 e. The molecule has 0 spiro atoms. The van der Waals surface area contributed by atoms with Crippen molar-refractivity contribution in [2.75, 3.05) is 19.7 Å². The Hall–Kier alpha value is -0.500. The van der Waals surface area contributed by atoms with E-state index >= 15 is 0 Å². The van der Waals surface area contributed by atoms with E-state index < -0.39 is 0 Å². The van der Waals surface area contributed by atoms with E-state index in [0.717, 1.165) is 19.7 Å². The summed E-state index contributed by atoms with van der Waals surface area (Å²) in [5.74, 6) is 0. The predicted octanol–water partition coefficient (Wildman–Crippen LogP) is 0.851. The van der Waals surface area contributed by atoms with E-state index in [1.165, 1.54) is 0 Å². The molecule has 1 heterocycles. The number of nitrogens with zero attached hydrogens (tertiary/aromatic N) is 1. The van der Waals surface area contributed by atoms with Gasteiger partial charge in [0.05, 0.1) is 12.7 Å². The number of ether oxygens (including phenoxy) is 1. The minimum atomic E-state index is 0.372. The van der Waals surface area contributed by atoms with Crippen LogP contribution in [0.1, 0.15) is 6.92 Å². The van der Waals surface area contributed by atoms with Crippen LogP contribution < -0.4 is 0 Å². The third-order valence-corrected chi connectivity index (χ3v) is 1.53. The summed E-state index contributed by atoms with van der Waals surface area (Å²) in [4.78, 5) is 2.17. The number of hydrogen-bond acceptors (Lipinski definition) is 2. The van der Waals surface area contributed by atoms with Gasteiger partial charge in [-0.25, -0.2) is 0 Å². The number of hydrogen-bond donors (Lipinski definition) is 0. The summed E-state index contributed by atoms with van der Waals surface area (Å²) in [6, 6.07) is 0. The summed E-state index contributed by atoms with van der Waals surface area (Å²) in [6.07, 6.45) is 2.25. The van der Waals surface area contributed by atoms with Gasteiger partial charge in [0, 0.05) is 13.1 Å². The van der Waals surface area contributed by atoms with Gasteiger partial charge in [-0.15, -0.1) is 0 Å². The molecule has 0 saturated carbocycles. The maximum atomic E-state index is 5.32.